The van der Waals surface area contributed by atoms with Gasteiger partial charge >= 0.3 is 0 Å². The Kier molecular flexibility index (Phi) is 4.59. The molecule has 0 aromatic heterocycles. The molecule has 0 radical (unpaired) electrons. The summed E-state index contributed by atoms with van der Waals surface area (Å²) in [6, 6.07) is 7.66. The van der Waals surface area contributed by atoms with Gasteiger partial charge in [0.25, 0.3) is 0 Å². The molecule has 0 heterocycles. The Bertz CT molecular complexity index is 403. The van der Waals surface area contributed by atoms with Gasteiger partial charge in [-0.1, -0.05) is 18.2 Å². The van der Waals surface area contributed by atoms with Crippen LogP contribution >= 0.6 is 0 Å². The van der Waals surface area contributed by atoms with Crippen LogP contribution in [0.3, 0.4) is 0 Å². The second-order valence-corrected chi connectivity index (χ2v) is 4.74. The molecule has 4 nitrogen and oxygen atoms in total. The molecule has 0 unspecified atom stereocenters. The van der Waals surface area contributed by atoms with E-state index in [2.05, 4.69) is 10.6 Å². The van der Waals surface area contributed by atoms with E-state index in [4.69, 9.17) is 0 Å². The lowest BCUT2D eigenvalue weighted by Crippen LogP contribution is -2.29. The van der Waals surface area contributed by atoms with E-state index in [0.29, 0.717) is 12.1 Å². The fourth-order valence-corrected chi connectivity index (χ4v) is 1.81. The van der Waals surface area contributed by atoms with Crippen LogP contribution in [0.15, 0.2) is 24.3 Å². The first-order valence-electron chi connectivity index (χ1n) is 6.52. The van der Waals surface area contributed by atoms with Crippen LogP contribution in [0.5, 0.6) is 5.75 Å². The Labute approximate surface area is 107 Å². The van der Waals surface area contributed by atoms with Crippen molar-refractivity contribution in [1.29, 1.82) is 0 Å². The molecule has 1 aliphatic rings. The normalized spacial score (nSPS) is 14.4. The highest BCUT2D eigenvalue weighted by molar-refractivity contribution is 5.79. The molecule has 0 aliphatic heterocycles. The van der Waals surface area contributed by atoms with Gasteiger partial charge < -0.3 is 15.7 Å². The average Bonchev–Trinajstić information content (AvgIpc) is 3.16. The number of hydrogen-bond acceptors (Lipinski definition) is 3. The van der Waals surface area contributed by atoms with Crippen molar-refractivity contribution in [3.63, 3.8) is 0 Å². The third-order valence-corrected chi connectivity index (χ3v) is 3.03. The van der Waals surface area contributed by atoms with Crippen molar-refractivity contribution in [3.05, 3.63) is 29.8 Å². The highest BCUT2D eigenvalue weighted by atomic mass is 16.3. The minimum Gasteiger partial charge on any atom is -0.508 e. The van der Waals surface area contributed by atoms with Crippen molar-refractivity contribution in [1.82, 2.24) is 10.6 Å². The van der Waals surface area contributed by atoms with Gasteiger partial charge in [0.05, 0.1) is 6.42 Å². The molecule has 4 heteroatoms. The van der Waals surface area contributed by atoms with Gasteiger partial charge in [0.15, 0.2) is 0 Å². The highest BCUT2D eigenvalue weighted by Crippen LogP contribution is 2.18. The molecule has 0 spiro atoms. The summed E-state index contributed by atoms with van der Waals surface area (Å²) in [4.78, 5) is 11.6. The van der Waals surface area contributed by atoms with Crippen LogP contribution < -0.4 is 10.6 Å². The van der Waals surface area contributed by atoms with E-state index in [-0.39, 0.29) is 18.1 Å². The Morgan fingerprint density at radius 1 is 1.28 bits per heavy atom. The summed E-state index contributed by atoms with van der Waals surface area (Å²) in [5.41, 5.74) is 0.672. The Morgan fingerprint density at radius 2 is 2.06 bits per heavy atom. The van der Waals surface area contributed by atoms with Crippen molar-refractivity contribution >= 4 is 5.91 Å². The zero-order chi connectivity index (χ0) is 12.8. The van der Waals surface area contributed by atoms with Crippen molar-refractivity contribution in [3.8, 4) is 5.75 Å². The van der Waals surface area contributed by atoms with E-state index in [1.165, 1.54) is 12.8 Å². The van der Waals surface area contributed by atoms with Gasteiger partial charge in [-0.25, -0.2) is 0 Å². The maximum Gasteiger partial charge on any atom is 0.224 e. The first-order chi connectivity index (χ1) is 8.75. The predicted molar refractivity (Wildman–Crippen MR) is 70.5 cm³/mol. The van der Waals surface area contributed by atoms with E-state index >= 15 is 0 Å². The number of rotatable bonds is 7. The average molecular weight is 248 g/mol. The molecule has 0 atom stereocenters. The van der Waals surface area contributed by atoms with Crippen molar-refractivity contribution < 1.29 is 9.90 Å². The molecule has 1 fully saturated rings. The van der Waals surface area contributed by atoms with Crippen LogP contribution in [-0.2, 0) is 11.2 Å². The molecule has 1 aliphatic carbocycles. The van der Waals surface area contributed by atoms with Gasteiger partial charge in [-0.3, -0.25) is 4.79 Å². The van der Waals surface area contributed by atoms with Crippen LogP contribution in [-0.4, -0.2) is 30.1 Å². The first-order valence-corrected chi connectivity index (χ1v) is 6.52. The van der Waals surface area contributed by atoms with Crippen LogP contribution in [0.25, 0.3) is 0 Å². The van der Waals surface area contributed by atoms with Gasteiger partial charge in [-0.05, 0) is 31.9 Å². The summed E-state index contributed by atoms with van der Waals surface area (Å²) in [6.07, 6.45) is 3.77. The maximum atomic E-state index is 11.6. The molecule has 3 N–H and O–H groups in total. The van der Waals surface area contributed by atoms with Gasteiger partial charge in [-0.15, -0.1) is 0 Å². The van der Waals surface area contributed by atoms with Crippen molar-refractivity contribution in [2.24, 2.45) is 0 Å². The smallest absolute Gasteiger partial charge is 0.224 e. The molecule has 98 valence electrons. The number of carbonyl (C=O) groups is 1. The number of hydrogen-bond donors (Lipinski definition) is 3. The molecule has 0 bridgehead atoms. The highest BCUT2D eigenvalue weighted by Gasteiger charge is 2.19. The van der Waals surface area contributed by atoms with Gasteiger partial charge in [0, 0.05) is 18.2 Å². The van der Waals surface area contributed by atoms with E-state index in [0.717, 1.165) is 19.0 Å². The van der Waals surface area contributed by atoms with Gasteiger partial charge in [0.1, 0.15) is 5.75 Å². The summed E-state index contributed by atoms with van der Waals surface area (Å²) in [5.74, 6) is 0.144. The monoisotopic (exact) mass is 248 g/mol. The van der Waals surface area contributed by atoms with E-state index in [1.807, 2.05) is 6.07 Å². The van der Waals surface area contributed by atoms with E-state index in [9.17, 15) is 9.90 Å². The van der Waals surface area contributed by atoms with Crippen LogP contribution in [0.4, 0.5) is 0 Å². The zero-order valence-corrected chi connectivity index (χ0v) is 10.5. The van der Waals surface area contributed by atoms with Crippen LogP contribution in [0.1, 0.15) is 24.8 Å². The number of aromatic hydroxyl groups is 1. The number of amides is 1. The zero-order valence-electron chi connectivity index (χ0n) is 10.5. The first kappa shape index (κ1) is 12.9. The standard InChI is InChI=1S/C14H20N2O2/c17-13-5-2-1-4-11(13)10-14(18)16-9-3-8-15-12-6-7-12/h1-2,4-5,12,15,17H,3,6-10H2,(H,16,18). The molecule has 0 saturated heterocycles. The van der Waals surface area contributed by atoms with Crippen LogP contribution in [0.2, 0.25) is 0 Å². The number of benzene rings is 1. The predicted octanol–water partition coefficient (Wildman–Crippen LogP) is 1.19. The second kappa shape index (κ2) is 6.40. The van der Waals surface area contributed by atoms with Gasteiger partial charge in [0.2, 0.25) is 5.91 Å². The lowest BCUT2D eigenvalue weighted by molar-refractivity contribution is -0.120. The number of phenolic OH excluding ortho intramolecular Hbond substituents is 1. The number of nitrogens with one attached hydrogen (secondary N) is 2. The number of para-hydroxylation sites is 1. The minimum absolute atomic E-state index is 0.0390. The molecule has 1 amide bonds. The fraction of sp³-hybridized carbons (Fsp3) is 0.500. The number of phenols is 1. The fourth-order valence-electron chi connectivity index (χ4n) is 1.81. The summed E-state index contributed by atoms with van der Waals surface area (Å²) < 4.78 is 0. The van der Waals surface area contributed by atoms with Gasteiger partial charge in [-0.2, -0.15) is 0 Å². The Morgan fingerprint density at radius 3 is 2.78 bits per heavy atom. The lowest BCUT2D eigenvalue weighted by atomic mass is 10.1. The second-order valence-electron chi connectivity index (χ2n) is 4.74. The Balaban J connectivity index is 1.60. The third kappa shape index (κ3) is 4.37. The molecular formula is C14H20N2O2. The quantitative estimate of drug-likeness (QED) is 0.635. The topological polar surface area (TPSA) is 61.4 Å². The SMILES string of the molecule is O=C(Cc1ccccc1O)NCCCNC1CC1. The number of carbonyl (C=O) groups excluding carboxylic acids is 1. The van der Waals surface area contributed by atoms with Crippen molar-refractivity contribution in [2.45, 2.75) is 31.7 Å². The summed E-state index contributed by atoms with van der Waals surface area (Å²) in [6.45, 7) is 1.65. The largest absolute Gasteiger partial charge is 0.508 e. The van der Waals surface area contributed by atoms with E-state index < -0.39 is 0 Å². The summed E-state index contributed by atoms with van der Waals surface area (Å²) in [7, 11) is 0. The van der Waals surface area contributed by atoms with Crippen LogP contribution in [0, 0.1) is 0 Å². The molecule has 2 rings (SSSR count). The molecule has 1 saturated carbocycles. The Hall–Kier alpha value is -1.55. The van der Waals surface area contributed by atoms with Crippen molar-refractivity contribution in [2.75, 3.05) is 13.1 Å². The molecule has 1 aromatic carbocycles. The summed E-state index contributed by atoms with van der Waals surface area (Å²) >= 11 is 0. The lowest BCUT2D eigenvalue weighted by Gasteiger charge is -2.07. The van der Waals surface area contributed by atoms with E-state index in [1.54, 1.807) is 18.2 Å². The minimum atomic E-state index is -0.0390. The molecule has 18 heavy (non-hydrogen) atoms. The molecule has 1 aromatic rings. The summed E-state index contributed by atoms with van der Waals surface area (Å²) in [5, 5.41) is 15.8. The molecular weight excluding hydrogens is 228 g/mol. The third-order valence-electron chi connectivity index (χ3n) is 3.03. The maximum absolute atomic E-state index is 11.6.